The highest BCUT2D eigenvalue weighted by Gasteiger charge is 2.09. The van der Waals surface area contributed by atoms with E-state index in [9.17, 15) is 4.79 Å². The van der Waals surface area contributed by atoms with Gasteiger partial charge in [0.1, 0.15) is 0 Å². The fourth-order valence-electron chi connectivity index (χ4n) is 1.94. The Morgan fingerprint density at radius 1 is 1.22 bits per heavy atom. The molecule has 1 aromatic carbocycles. The SMILES string of the molecule is CCC(NCCC(=O)NC(C)C)c1ccccc1. The van der Waals surface area contributed by atoms with E-state index in [-0.39, 0.29) is 11.9 Å². The summed E-state index contributed by atoms with van der Waals surface area (Å²) in [6.45, 7) is 6.82. The predicted octanol–water partition coefficient (Wildman–Crippen LogP) is 2.64. The summed E-state index contributed by atoms with van der Waals surface area (Å²) >= 11 is 0. The number of hydrogen-bond donors (Lipinski definition) is 2. The maximum absolute atomic E-state index is 11.5. The van der Waals surface area contributed by atoms with Gasteiger partial charge in [-0.2, -0.15) is 0 Å². The maximum Gasteiger partial charge on any atom is 0.221 e. The van der Waals surface area contributed by atoms with Crippen LogP contribution in [0.15, 0.2) is 30.3 Å². The minimum Gasteiger partial charge on any atom is -0.354 e. The average Bonchev–Trinajstić information content (AvgIpc) is 2.35. The largest absolute Gasteiger partial charge is 0.354 e. The van der Waals surface area contributed by atoms with Crippen molar-refractivity contribution in [1.82, 2.24) is 10.6 Å². The Hall–Kier alpha value is -1.35. The van der Waals surface area contributed by atoms with E-state index >= 15 is 0 Å². The van der Waals surface area contributed by atoms with E-state index in [1.807, 2.05) is 32.0 Å². The van der Waals surface area contributed by atoms with E-state index in [0.29, 0.717) is 19.0 Å². The Morgan fingerprint density at radius 2 is 1.89 bits per heavy atom. The number of benzene rings is 1. The van der Waals surface area contributed by atoms with Crippen LogP contribution in [0.4, 0.5) is 0 Å². The van der Waals surface area contributed by atoms with E-state index in [1.165, 1.54) is 5.56 Å². The van der Waals surface area contributed by atoms with Crippen LogP contribution < -0.4 is 10.6 Å². The lowest BCUT2D eigenvalue weighted by molar-refractivity contribution is -0.121. The number of nitrogens with one attached hydrogen (secondary N) is 2. The Morgan fingerprint density at radius 3 is 2.44 bits per heavy atom. The molecular weight excluding hydrogens is 224 g/mol. The summed E-state index contributed by atoms with van der Waals surface area (Å²) < 4.78 is 0. The molecule has 0 saturated heterocycles. The number of rotatable bonds is 7. The second-order valence-corrected chi connectivity index (χ2v) is 4.80. The first-order chi connectivity index (χ1) is 8.63. The van der Waals surface area contributed by atoms with Gasteiger partial charge < -0.3 is 10.6 Å². The lowest BCUT2D eigenvalue weighted by atomic mass is 10.0. The molecule has 0 bridgehead atoms. The van der Waals surface area contributed by atoms with Crippen LogP contribution in [-0.4, -0.2) is 18.5 Å². The molecule has 0 aromatic heterocycles. The molecule has 18 heavy (non-hydrogen) atoms. The Bertz CT molecular complexity index is 349. The van der Waals surface area contributed by atoms with Gasteiger partial charge >= 0.3 is 0 Å². The van der Waals surface area contributed by atoms with Crippen LogP contribution in [0.25, 0.3) is 0 Å². The van der Waals surface area contributed by atoms with Crippen molar-refractivity contribution in [1.29, 1.82) is 0 Å². The van der Waals surface area contributed by atoms with Crippen molar-refractivity contribution in [2.24, 2.45) is 0 Å². The van der Waals surface area contributed by atoms with Gasteiger partial charge in [0.2, 0.25) is 5.91 Å². The van der Waals surface area contributed by atoms with Crippen LogP contribution in [0, 0.1) is 0 Å². The summed E-state index contributed by atoms with van der Waals surface area (Å²) in [5.41, 5.74) is 1.28. The monoisotopic (exact) mass is 248 g/mol. The van der Waals surface area contributed by atoms with Crippen LogP contribution in [-0.2, 0) is 4.79 Å². The molecule has 0 aliphatic heterocycles. The maximum atomic E-state index is 11.5. The molecular formula is C15H24N2O. The number of carbonyl (C=O) groups is 1. The van der Waals surface area contributed by atoms with Gasteiger partial charge in [-0.25, -0.2) is 0 Å². The van der Waals surface area contributed by atoms with Crippen LogP contribution >= 0.6 is 0 Å². The van der Waals surface area contributed by atoms with Crippen molar-refractivity contribution < 1.29 is 4.79 Å². The lowest BCUT2D eigenvalue weighted by Gasteiger charge is -2.17. The fraction of sp³-hybridized carbons (Fsp3) is 0.533. The summed E-state index contributed by atoms with van der Waals surface area (Å²) in [6.07, 6.45) is 1.55. The van der Waals surface area contributed by atoms with Gasteiger partial charge in [0.05, 0.1) is 0 Å². The molecule has 0 aliphatic rings. The first-order valence-electron chi connectivity index (χ1n) is 6.71. The quantitative estimate of drug-likeness (QED) is 0.779. The average molecular weight is 248 g/mol. The van der Waals surface area contributed by atoms with Gasteiger partial charge in [-0.3, -0.25) is 4.79 Å². The number of carbonyl (C=O) groups excluding carboxylic acids is 1. The topological polar surface area (TPSA) is 41.1 Å². The molecule has 2 N–H and O–H groups in total. The summed E-state index contributed by atoms with van der Waals surface area (Å²) in [6, 6.07) is 10.9. The van der Waals surface area contributed by atoms with Crippen LogP contribution in [0.5, 0.6) is 0 Å². The highest BCUT2D eigenvalue weighted by atomic mass is 16.1. The van der Waals surface area contributed by atoms with Crippen molar-refractivity contribution >= 4 is 5.91 Å². The summed E-state index contributed by atoms with van der Waals surface area (Å²) in [5.74, 6) is 0.111. The van der Waals surface area contributed by atoms with E-state index in [2.05, 4.69) is 29.7 Å². The van der Waals surface area contributed by atoms with E-state index in [0.717, 1.165) is 6.42 Å². The standard InChI is InChI=1S/C15H24N2O/c1-4-14(13-8-6-5-7-9-13)16-11-10-15(18)17-12(2)3/h5-9,12,14,16H,4,10-11H2,1-3H3,(H,17,18). The van der Waals surface area contributed by atoms with Crippen LogP contribution in [0.2, 0.25) is 0 Å². The smallest absolute Gasteiger partial charge is 0.221 e. The zero-order valence-electron chi connectivity index (χ0n) is 11.6. The van der Waals surface area contributed by atoms with Crippen LogP contribution in [0.3, 0.4) is 0 Å². The molecule has 0 radical (unpaired) electrons. The molecule has 3 heteroatoms. The molecule has 0 spiro atoms. The van der Waals surface area contributed by atoms with E-state index < -0.39 is 0 Å². The number of amides is 1. The van der Waals surface area contributed by atoms with Crippen molar-refractivity contribution in [2.45, 2.75) is 45.7 Å². The summed E-state index contributed by atoms with van der Waals surface area (Å²) in [7, 11) is 0. The molecule has 0 aliphatic carbocycles. The third-order valence-electron chi connectivity index (χ3n) is 2.80. The molecule has 0 heterocycles. The Kier molecular flexibility index (Phi) is 6.44. The van der Waals surface area contributed by atoms with Gasteiger partial charge in [-0.1, -0.05) is 37.3 Å². The van der Waals surface area contributed by atoms with Crippen molar-refractivity contribution in [3.8, 4) is 0 Å². The van der Waals surface area contributed by atoms with Gasteiger partial charge in [-0.15, -0.1) is 0 Å². The second kappa shape index (κ2) is 7.88. The first-order valence-corrected chi connectivity index (χ1v) is 6.71. The molecule has 1 aromatic rings. The fourth-order valence-corrected chi connectivity index (χ4v) is 1.94. The van der Waals surface area contributed by atoms with E-state index in [1.54, 1.807) is 0 Å². The predicted molar refractivity (Wildman–Crippen MR) is 75.4 cm³/mol. The highest BCUT2D eigenvalue weighted by Crippen LogP contribution is 2.15. The molecule has 1 amide bonds. The number of hydrogen-bond acceptors (Lipinski definition) is 2. The summed E-state index contributed by atoms with van der Waals surface area (Å²) in [5, 5.41) is 6.32. The zero-order chi connectivity index (χ0) is 13.4. The molecule has 1 atom stereocenters. The Balaban J connectivity index is 2.35. The molecule has 1 rings (SSSR count). The third kappa shape index (κ3) is 5.32. The molecule has 3 nitrogen and oxygen atoms in total. The highest BCUT2D eigenvalue weighted by molar-refractivity contribution is 5.76. The lowest BCUT2D eigenvalue weighted by Crippen LogP contribution is -2.33. The first kappa shape index (κ1) is 14.7. The van der Waals surface area contributed by atoms with Gasteiger partial charge in [0.15, 0.2) is 0 Å². The van der Waals surface area contributed by atoms with Crippen molar-refractivity contribution in [3.63, 3.8) is 0 Å². The van der Waals surface area contributed by atoms with Crippen molar-refractivity contribution in [3.05, 3.63) is 35.9 Å². The molecule has 100 valence electrons. The Labute approximate surface area is 110 Å². The minimum atomic E-state index is 0.111. The normalized spacial score (nSPS) is 12.4. The summed E-state index contributed by atoms with van der Waals surface area (Å²) in [4.78, 5) is 11.5. The second-order valence-electron chi connectivity index (χ2n) is 4.80. The van der Waals surface area contributed by atoms with Crippen LogP contribution in [0.1, 0.15) is 45.2 Å². The molecule has 1 unspecified atom stereocenters. The van der Waals surface area contributed by atoms with Gasteiger partial charge in [0.25, 0.3) is 0 Å². The van der Waals surface area contributed by atoms with Gasteiger partial charge in [-0.05, 0) is 25.8 Å². The third-order valence-corrected chi connectivity index (χ3v) is 2.80. The van der Waals surface area contributed by atoms with E-state index in [4.69, 9.17) is 0 Å². The van der Waals surface area contributed by atoms with Crippen molar-refractivity contribution in [2.75, 3.05) is 6.54 Å². The van der Waals surface area contributed by atoms with Gasteiger partial charge in [0, 0.05) is 25.0 Å². The zero-order valence-corrected chi connectivity index (χ0v) is 11.6. The molecule has 0 fully saturated rings. The minimum absolute atomic E-state index is 0.111. The molecule has 0 saturated carbocycles.